The van der Waals surface area contributed by atoms with Gasteiger partial charge in [0, 0.05) is 90.7 Å². The predicted octanol–water partition coefficient (Wildman–Crippen LogP) is 8.38. The van der Waals surface area contributed by atoms with Gasteiger partial charge in [0.25, 0.3) is 0 Å². The van der Waals surface area contributed by atoms with Crippen LogP contribution in [0, 0.1) is 5.41 Å². The van der Waals surface area contributed by atoms with Gasteiger partial charge in [-0.15, -0.1) is 0 Å². The summed E-state index contributed by atoms with van der Waals surface area (Å²) in [6.45, 7) is 13.1. The first-order valence-electron chi connectivity index (χ1n) is 19.0. The third kappa shape index (κ3) is 8.32. The predicted molar refractivity (Wildman–Crippen MR) is 217 cm³/mol. The first-order chi connectivity index (χ1) is 26.8. The summed E-state index contributed by atoms with van der Waals surface area (Å²) in [5, 5.41) is 0.937. The number of pyridine rings is 2. The fourth-order valence-corrected chi connectivity index (χ4v) is 8.54. The number of hydrogen-bond donors (Lipinski definition) is 0. The zero-order valence-corrected chi connectivity index (χ0v) is 34.4. The molecule has 1 spiro atoms. The van der Waals surface area contributed by atoms with E-state index >= 15 is 0 Å². The molecule has 4 aromatic rings. The Morgan fingerprint density at radius 3 is 2.27 bits per heavy atom. The average Bonchev–Trinajstić information content (AvgIpc) is 3.14. The molecule has 0 atom stereocenters. The summed E-state index contributed by atoms with van der Waals surface area (Å²) in [5.74, 6) is 1.18. The van der Waals surface area contributed by atoms with E-state index in [1.54, 1.807) is 32.2 Å². The van der Waals surface area contributed by atoms with Gasteiger partial charge in [-0.3, -0.25) is 14.7 Å². The molecule has 296 valence electrons. The van der Waals surface area contributed by atoms with Crippen LogP contribution in [0.25, 0.3) is 33.6 Å². The van der Waals surface area contributed by atoms with Gasteiger partial charge in [-0.25, -0.2) is 9.78 Å². The maximum absolute atomic E-state index is 13.6. The average molecular weight is 803 g/mol. The van der Waals surface area contributed by atoms with Crippen molar-refractivity contribution in [3.05, 3.63) is 82.0 Å². The molecular weight excluding hydrogens is 753 g/mol. The Morgan fingerprint density at radius 2 is 1.62 bits per heavy atom. The second-order valence-corrected chi connectivity index (χ2v) is 16.8. The lowest BCUT2D eigenvalue weighted by Gasteiger charge is -2.55. The first kappa shape index (κ1) is 39.8. The van der Waals surface area contributed by atoms with Crippen LogP contribution in [-0.4, -0.2) is 102 Å². The lowest BCUT2D eigenvalue weighted by molar-refractivity contribution is -0.191. The number of piperidine rings is 1. The summed E-state index contributed by atoms with van der Waals surface area (Å²) in [6.07, 6.45) is 2.59. The Balaban J connectivity index is 1.13. The highest BCUT2D eigenvalue weighted by atomic mass is 35.5. The number of amides is 2. The molecule has 56 heavy (non-hydrogen) atoms. The standard InChI is InChI=1S/C43H49Cl2N5O6/c1-27(51)49-18-15-31(16-19-49)50(41(52)56-42(2,3)4)22-30-12-13-35(47-40(30)54-6)34-9-7-8-32(37(34)44)33-14-17-46-39(38(33)45)28-10-11-29(36(20-28)53-5)21-48-23-43(24-48)25-55-26-43/h7-14,17,20,31H,15-16,18-19,21-26H2,1-6H3. The number of carbonyl (C=O) groups excluding carboxylic acids is 2. The van der Waals surface area contributed by atoms with E-state index in [1.165, 1.54) is 0 Å². The molecule has 0 aliphatic carbocycles. The van der Waals surface area contributed by atoms with Crippen LogP contribution in [0.3, 0.4) is 0 Å². The zero-order chi connectivity index (χ0) is 39.8. The summed E-state index contributed by atoms with van der Waals surface area (Å²) in [5.41, 5.74) is 5.69. The van der Waals surface area contributed by atoms with Crippen molar-refractivity contribution >= 4 is 35.2 Å². The SMILES string of the molecule is COc1cc(-c2nccc(-c3cccc(-c4ccc(CN(C(=O)OC(C)(C)C)C5CCN(C(C)=O)CC5)c(OC)n4)c3Cl)c2Cl)ccc1CN1CC2(COC2)C1. The molecule has 7 rings (SSSR count). The molecule has 3 fully saturated rings. The van der Waals surface area contributed by atoms with E-state index in [-0.39, 0.29) is 18.5 Å². The molecule has 11 nitrogen and oxygen atoms in total. The van der Waals surface area contributed by atoms with E-state index in [0.717, 1.165) is 60.9 Å². The number of carbonyl (C=O) groups is 2. The molecule has 13 heteroatoms. The number of nitrogens with zero attached hydrogens (tertiary/aromatic N) is 5. The van der Waals surface area contributed by atoms with E-state index in [0.29, 0.717) is 69.8 Å². The van der Waals surface area contributed by atoms with Crippen molar-refractivity contribution in [1.82, 2.24) is 24.7 Å². The normalized spacial score (nSPS) is 16.9. The van der Waals surface area contributed by atoms with Crippen LogP contribution >= 0.6 is 23.2 Å². The van der Waals surface area contributed by atoms with Gasteiger partial charge >= 0.3 is 6.09 Å². The highest BCUT2D eigenvalue weighted by Crippen LogP contribution is 2.43. The topological polar surface area (TPSA) is 107 Å². The minimum Gasteiger partial charge on any atom is -0.496 e. The van der Waals surface area contributed by atoms with E-state index in [2.05, 4.69) is 16.0 Å². The summed E-state index contributed by atoms with van der Waals surface area (Å²) >= 11 is 14.3. The molecule has 0 saturated carbocycles. The largest absolute Gasteiger partial charge is 0.496 e. The third-order valence-electron chi connectivity index (χ3n) is 10.8. The first-order valence-corrected chi connectivity index (χ1v) is 19.7. The zero-order valence-electron chi connectivity index (χ0n) is 32.9. The van der Waals surface area contributed by atoms with Crippen molar-refractivity contribution in [2.75, 3.05) is 53.6 Å². The number of likely N-dealkylation sites (tertiary alicyclic amines) is 2. The number of rotatable bonds is 10. The van der Waals surface area contributed by atoms with Crippen LogP contribution in [-0.2, 0) is 27.4 Å². The van der Waals surface area contributed by atoms with Crippen molar-refractivity contribution in [3.63, 3.8) is 0 Å². The molecule has 3 aliphatic rings. The maximum Gasteiger partial charge on any atom is 0.410 e. The molecule has 3 aliphatic heterocycles. The third-order valence-corrected chi connectivity index (χ3v) is 11.6. The summed E-state index contributed by atoms with van der Waals surface area (Å²) in [7, 11) is 3.24. The van der Waals surface area contributed by atoms with Gasteiger partial charge in [0.1, 0.15) is 11.4 Å². The maximum atomic E-state index is 13.6. The number of ether oxygens (including phenoxy) is 4. The molecule has 0 bridgehead atoms. The van der Waals surface area contributed by atoms with E-state index in [1.807, 2.05) is 74.2 Å². The summed E-state index contributed by atoms with van der Waals surface area (Å²) < 4.78 is 22.9. The highest BCUT2D eigenvalue weighted by Gasteiger charge is 2.48. The molecule has 0 unspecified atom stereocenters. The van der Waals surface area contributed by atoms with Gasteiger partial charge < -0.3 is 28.7 Å². The van der Waals surface area contributed by atoms with Crippen molar-refractivity contribution in [1.29, 1.82) is 0 Å². The summed E-state index contributed by atoms with van der Waals surface area (Å²) in [4.78, 5) is 41.1. The van der Waals surface area contributed by atoms with Crippen LogP contribution in [0.1, 0.15) is 51.7 Å². The van der Waals surface area contributed by atoms with Crippen molar-refractivity contribution in [2.45, 2.75) is 65.3 Å². The van der Waals surface area contributed by atoms with Crippen LogP contribution < -0.4 is 9.47 Å². The van der Waals surface area contributed by atoms with E-state index in [4.69, 9.17) is 47.1 Å². The highest BCUT2D eigenvalue weighted by molar-refractivity contribution is 6.39. The Morgan fingerprint density at radius 1 is 0.929 bits per heavy atom. The van der Waals surface area contributed by atoms with Crippen LogP contribution in [0.4, 0.5) is 4.79 Å². The number of benzene rings is 2. The number of halogens is 2. The Hall–Kier alpha value is -4.42. The lowest BCUT2D eigenvalue weighted by atomic mass is 9.78. The van der Waals surface area contributed by atoms with Gasteiger partial charge in [-0.05, 0) is 57.9 Å². The fourth-order valence-electron chi connectivity index (χ4n) is 7.90. The van der Waals surface area contributed by atoms with Crippen LogP contribution in [0.15, 0.2) is 60.8 Å². The lowest BCUT2D eigenvalue weighted by Crippen LogP contribution is -2.65. The van der Waals surface area contributed by atoms with Crippen molar-refractivity contribution < 1.29 is 28.5 Å². The molecule has 2 aromatic carbocycles. The smallest absolute Gasteiger partial charge is 0.410 e. The molecule has 2 aromatic heterocycles. The Kier molecular flexibility index (Phi) is 11.5. The number of methoxy groups -OCH3 is 2. The summed E-state index contributed by atoms with van der Waals surface area (Å²) in [6, 6.07) is 17.4. The van der Waals surface area contributed by atoms with Crippen LogP contribution in [0.2, 0.25) is 10.0 Å². The fraction of sp³-hybridized carbons (Fsp3) is 0.442. The van der Waals surface area contributed by atoms with E-state index < -0.39 is 11.7 Å². The van der Waals surface area contributed by atoms with E-state index in [9.17, 15) is 9.59 Å². The molecule has 2 amide bonds. The minimum atomic E-state index is -0.678. The molecule has 3 saturated heterocycles. The minimum absolute atomic E-state index is 0.0321. The quantitative estimate of drug-likeness (QED) is 0.156. The van der Waals surface area contributed by atoms with Gasteiger partial charge in [0.05, 0.1) is 55.4 Å². The Bertz CT molecular complexity index is 2100. The van der Waals surface area contributed by atoms with Gasteiger partial charge in [-0.2, -0.15) is 0 Å². The monoisotopic (exact) mass is 801 g/mol. The second kappa shape index (κ2) is 16.2. The molecule has 0 N–H and O–H groups in total. The Labute approximate surface area is 338 Å². The molecular formula is C43H49Cl2N5O6. The number of hydrogen-bond acceptors (Lipinski definition) is 9. The van der Waals surface area contributed by atoms with Crippen molar-refractivity contribution in [2.24, 2.45) is 5.41 Å². The van der Waals surface area contributed by atoms with Crippen LogP contribution in [0.5, 0.6) is 11.6 Å². The molecule has 0 radical (unpaired) electrons. The number of aromatic nitrogens is 2. The van der Waals surface area contributed by atoms with Gasteiger partial charge in [0.2, 0.25) is 11.8 Å². The van der Waals surface area contributed by atoms with Gasteiger partial charge in [0.15, 0.2) is 0 Å². The van der Waals surface area contributed by atoms with Gasteiger partial charge in [-0.1, -0.05) is 53.5 Å². The molecule has 5 heterocycles. The second-order valence-electron chi connectivity index (χ2n) is 16.1. The van der Waals surface area contributed by atoms with Crippen molar-refractivity contribution in [3.8, 4) is 45.3 Å².